The fraction of sp³-hybridized carbons (Fsp3) is 0.143. The summed E-state index contributed by atoms with van der Waals surface area (Å²) in [5, 5.41) is 0. The first kappa shape index (κ1) is 20.6. The van der Waals surface area contributed by atoms with Gasteiger partial charge in [0.25, 0.3) is 0 Å². The summed E-state index contributed by atoms with van der Waals surface area (Å²) in [7, 11) is -3.32. The van der Waals surface area contributed by atoms with Crippen LogP contribution in [0.1, 0.15) is 11.1 Å². The van der Waals surface area contributed by atoms with Crippen LogP contribution in [0, 0.1) is 0 Å². The van der Waals surface area contributed by atoms with Crippen molar-refractivity contribution in [3.05, 3.63) is 62.2 Å². The van der Waals surface area contributed by atoms with E-state index in [9.17, 15) is 8.42 Å². The molecule has 0 fully saturated rings. The highest BCUT2D eigenvalue weighted by atomic mass is 79.9. The van der Waals surface area contributed by atoms with Crippen molar-refractivity contribution in [1.29, 1.82) is 0 Å². The van der Waals surface area contributed by atoms with Gasteiger partial charge in [-0.1, -0.05) is 12.1 Å². The molecule has 0 N–H and O–H groups in total. The van der Waals surface area contributed by atoms with Gasteiger partial charge in [0.15, 0.2) is 9.84 Å². The van der Waals surface area contributed by atoms with Gasteiger partial charge in [0.2, 0.25) is 0 Å². The first-order chi connectivity index (χ1) is 10.6. The first-order valence-electron chi connectivity index (χ1n) is 6.07. The van der Waals surface area contributed by atoms with Crippen LogP contribution in [0.15, 0.2) is 51.1 Å². The van der Waals surface area contributed by atoms with E-state index in [0.29, 0.717) is 11.1 Å². The first-order valence-corrected chi connectivity index (χ1v) is 12.7. The van der Waals surface area contributed by atoms with Gasteiger partial charge >= 0.3 is 0 Å². The number of rotatable bonds is 4. The van der Waals surface area contributed by atoms with Crippen LogP contribution < -0.4 is 0 Å². The van der Waals surface area contributed by atoms with Crippen molar-refractivity contribution < 1.29 is 8.42 Å². The Bertz CT molecular complexity index is 799. The fourth-order valence-electron chi connectivity index (χ4n) is 1.88. The van der Waals surface area contributed by atoms with Crippen LogP contribution in [0.25, 0.3) is 0 Å². The highest BCUT2D eigenvalue weighted by Crippen LogP contribution is 2.36. The Hall–Kier alpha value is 1.27. The van der Waals surface area contributed by atoms with Gasteiger partial charge in [-0.3, -0.25) is 0 Å². The highest BCUT2D eigenvalue weighted by Gasteiger charge is 2.19. The zero-order valence-electron chi connectivity index (χ0n) is 11.2. The van der Waals surface area contributed by atoms with Gasteiger partial charge in [0.1, 0.15) is 0 Å². The monoisotopic (exact) mass is 714 g/mol. The number of benzene rings is 2. The molecule has 0 saturated heterocycles. The maximum atomic E-state index is 12.6. The molecule has 2 aromatic carbocycles. The molecular weight excluding hydrogens is 712 g/mol. The maximum Gasteiger partial charge on any atom is 0.158 e. The predicted octanol–water partition coefficient (Wildman–Crippen LogP) is 7.38. The van der Waals surface area contributed by atoms with E-state index in [-0.39, 0.29) is 11.5 Å². The van der Waals surface area contributed by atoms with Crippen LogP contribution >= 0.6 is 95.6 Å². The van der Waals surface area contributed by atoms with Crippen LogP contribution in [0.4, 0.5) is 0 Å². The molecule has 0 atom stereocenters. The topological polar surface area (TPSA) is 34.1 Å². The third-order valence-corrected chi connectivity index (χ3v) is 11.4. The summed E-state index contributed by atoms with van der Waals surface area (Å²) in [5.41, 5.74) is 1.43. The molecule has 0 spiro atoms. The van der Waals surface area contributed by atoms with E-state index < -0.39 is 9.84 Å². The molecule has 0 radical (unpaired) electrons. The van der Waals surface area contributed by atoms with Crippen LogP contribution in [-0.4, -0.2) is 8.42 Å². The Morgan fingerprint density at radius 3 is 1.30 bits per heavy atom. The molecule has 2 rings (SSSR count). The van der Waals surface area contributed by atoms with Crippen molar-refractivity contribution >= 4 is 105 Å². The van der Waals surface area contributed by atoms with Crippen molar-refractivity contribution in [2.75, 3.05) is 0 Å². The summed E-state index contributed by atoms with van der Waals surface area (Å²) in [6, 6.07) is 7.24. The van der Waals surface area contributed by atoms with Crippen LogP contribution in [0.2, 0.25) is 0 Å². The Balaban J connectivity index is 2.31. The summed E-state index contributed by atoms with van der Waals surface area (Å²) in [4.78, 5) is 0. The second-order valence-electron chi connectivity index (χ2n) is 4.70. The van der Waals surface area contributed by atoms with E-state index in [1.54, 1.807) is 12.1 Å². The predicted molar refractivity (Wildman–Crippen MR) is 115 cm³/mol. The van der Waals surface area contributed by atoms with Gasteiger partial charge in [0, 0.05) is 26.8 Å². The summed E-state index contributed by atoms with van der Waals surface area (Å²) < 4.78 is 30.0. The van der Waals surface area contributed by atoms with Crippen molar-refractivity contribution in [3.8, 4) is 0 Å². The van der Waals surface area contributed by atoms with Gasteiger partial charge in [0.05, 0.1) is 11.5 Å². The second kappa shape index (κ2) is 8.31. The third-order valence-electron chi connectivity index (χ3n) is 2.98. The summed E-state index contributed by atoms with van der Waals surface area (Å²) >= 11 is 20.5. The second-order valence-corrected chi connectivity index (χ2v) is 11.6. The third kappa shape index (κ3) is 5.14. The zero-order valence-corrected chi connectivity index (χ0v) is 21.5. The largest absolute Gasteiger partial charge is 0.228 e. The smallest absolute Gasteiger partial charge is 0.158 e. The van der Waals surface area contributed by atoms with Gasteiger partial charge in [-0.2, -0.15) is 0 Å². The van der Waals surface area contributed by atoms with Crippen molar-refractivity contribution in [3.63, 3.8) is 0 Å². The summed E-state index contributed by atoms with van der Waals surface area (Å²) in [5.74, 6) is -0.0842. The molecule has 0 aliphatic rings. The quantitative estimate of drug-likeness (QED) is 0.310. The lowest BCUT2D eigenvalue weighted by Crippen LogP contribution is -2.09. The fourth-order valence-corrected chi connectivity index (χ4v) is 6.72. The van der Waals surface area contributed by atoms with Crippen molar-refractivity contribution in [2.24, 2.45) is 0 Å². The minimum Gasteiger partial charge on any atom is -0.228 e. The van der Waals surface area contributed by atoms with Gasteiger partial charge in [-0.05, 0) is 119 Å². The molecule has 2 aromatic rings. The maximum absolute atomic E-state index is 12.6. The van der Waals surface area contributed by atoms with Crippen molar-refractivity contribution in [2.45, 2.75) is 11.5 Å². The normalized spacial score (nSPS) is 11.7. The molecule has 0 amide bonds. The molecule has 0 bridgehead atoms. The van der Waals surface area contributed by atoms with Crippen LogP contribution in [0.5, 0.6) is 0 Å². The van der Waals surface area contributed by atoms with E-state index in [4.69, 9.17) is 0 Å². The Kier molecular flexibility index (Phi) is 7.43. The Morgan fingerprint density at radius 1 is 0.609 bits per heavy atom. The number of sulfone groups is 1. The van der Waals surface area contributed by atoms with Crippen LogP contribution in [0.3, 0.4) is 0 Å². The van der Waals surface area contributed by atoms with Crippen LogP contribution in [-0.2, 0) is 21.3 Å². The molecule has 0 aromatic heterocycles. The minimum atomic E-state index is -3.32. The molecule has 2 nitrogen and oxygen atoms in total. The molecule has 0 aliphatic carbocycles. The Labute approximate surface area is 185 Å². The SMILES string of the molecule is O=S(=O)(Cc1ccc(Br)c(Br)c1Br)Cc1ccc(Br)c(Br)c1Br. The summed E-state index contributed by atoms with van der Waals surface area (Å²) in [6.45, 7) is 0. The lowest BCUT2D eigenvalue weighted by Gasteiger charge is -2.11. The number of halogens is 6. The molecule has 0 saturated carbocycles. The minimum absolute atomic E-state index is 0.0421. The number of hydrogen-bond donors (Lipinski definition) is 0. The zero-order chi connectivity index (χ0) is 17.4. The molecular formula is C14H8Br6O2S. The molecule has 0 heterocycles. The average Bonchev–Trinajstić information content (AvgIpc) is 2.48. The average molecular weight is 720 g/mol. The summed E-state index contributed by atoms with van der Waals surface area (Å²) in [6.07, 6.45) is 0. The lowest BCUT2D eigenvalue weighted by atomic mass is 10.2. The lowest BCUT2D eigenvalue weighted by molar-refractivity contribution is 0.594. The van der Waals surface area contributed by atoms with E-state index in [1.165, 1.54) is 0 Å². The molecule has 0 unspecified atom stereocenters. The number of hydrogen-bond acceptors (Lipinski definition) is 2. The molecule has 9 heteroatoms. The van der Waals surface area contributed by atoms with E-state index >= 15 is 0 Å². The standard InChI is InChI=1S/C14H8Br6O2S/c15-9-3-1-7(11(17)13(9)19)5-23(21,22)6-8-2-4-10(16)14(20)12(8)18/h1-4H,5-6H2. The molecule has 23 heavy (non-hydrogen) atoms. The molecule has 0 aliphatic heterocycles. The van der Waals surface area contributed by atoms with E-state index in [0.717, 1.165) is 26.8 Å². The highest BCUT2D eigenvalue weighted by molar-refractivity contribution is 9.15. The van der Waals surface area contributed by atoms with E-state index in [2.05, 4.69) is 95.6 Å². The molecule has 124 valence electrons. The Morgan fingerprint density at radius 2 is 0.957 bits per heavy atom. The van der Waals surface area contributed by atoms with Gasteiger partial charge in [-0.25, -0.2) is 8.42 Å². The van der Waals surface area contributed by atoms with Gasteiger partial charge in [-0.15, -0.1) is 0 Å². The van der Waals surface area contributed by atoms with E-state index in [1.807, 2.05) is 12.1 Å². The van der Waals surface area contributed by atoms with Crippen molar-refractivity contribution in [1.82, 2.24) is 0 Å². The van der Waals surface area contributed by atoms with Gasteiger partial charge < -0.3 is 0 Å².